The van der Waals surface area contributed by atoms with Gasteiger partial charge in [-0.3, -0.25) is 9.69 Å². The molecule has 29 heavy (non-hydrogen) atoms. The molecule has 1 amide bonds. The summed E-state index contributed by atoms with van der Waals surface area (Å²) >= 11 is 5.51. The van der Waals surface area contributed by atoms with E-state index in [1.54, 1.807) is 32.0 Å². The number of nitrogens with one attached hydrogen (secondary N) is 1. The Labute approximate surface area is 172 Å². The Morgan fingerprint density at radius 1 is 1.10 bits per heavy atom. The molecule has 2 aromatic carbocycles. The van der Waals surface area contributed by atoms with Gasteiger partial charge in [0.05, 0.1) is 17.2 Å². The third-order valence-electron chi connectivity index (χ3n) is 4.68. The number of thiocarbonyl (C=S) groups is 1. The minimum absolute atomic E-state index is 0.305. The van der Waals surface area contributed by atoms with E-state index in [1.807, 2.05) is 30.3 Å². The van der Waals surface area contributed by atoms with Crippen LogP contribution in [0.3, 0.4) is 0 Å². The summed E-state index contributed by atoms with van der Waals surface area (Å²) < 4.78 is 39.6. The molecule has 0 aliphatic carbocycles. The number of para-hydroxylation sites is 1. The van der Waals surface area contributed by atoms with Crippen LogP contribution in [0.15, 0.2) is 65.9 Å². The number of likely N-dealkylation sites (N-methyl/N-ethyl adjacent to an activating group) is 1. The number of rotatable bonds is 3. The molecular formula is C21H20F3N3OS. The number of alkyl halides is 3. The van der Waals surface area contributed by atoms with Gasteiger partial charge in [0.2, 0.25) is 0 Å². The number of halogens is 3. The highest BCUT2D eigenvalue weighted by molar-refractivity contribution is 7.80. The van der Waals surface area contributed by atoms with Crippen LogP contribution in [0.4, 0.5) is 18.9 Å². The predicted octanol–water partition coefficient (Wildman–Crippen LogP) is 4.50. The van der Waals surface area contributed by atoms with Gasteiger partial charge in [0, 0.05) is 25.5 Å². The number of amides is 1. The lowest BCUT2D eigenvalue weighted by molar-refractivity contribution is -0.137. The van der Waals surface area contributed by atoms with Gasteiger partial charge in [0.15, 0.2) is 5.11 Å². The molecule has 1 heterocycles. The molecule has 3 rings (SSSR count). The zero-order valence-electron chi connectivity index (χ0n) is 16.1. The van der Waals surface area contributed by atoms with E-state index in [1.165, 1.54) is 11.0 Å². The van der Waals surface area contributed by atoms with Crippen molar-refractivity contribution in [2.75, 3.05) is 19.0 Å². The Balaban J connectivity index is 2.17. The quantitative estimate of drug-likeness (QED) is 0.743. The highest BCUT2D eigenvalue weighted by Gasteiger charge is 2.37. The SMILES string of the molecule is CC1=C(C(=O)N(C)C)[C@H](c2cccc(C(F)(F)F)c2)NC(=S)N1c1ccccc1. The number of benzene rings is 2. The van der Waals surface area contributed by atoms with Gasteiger partial charge < -0.3 is 10.2 Å². The van der Waals surface area contributed by atoms with E-state index in [-0.39, 0.29) is 5.91 Å². The molecule has 1 atom stereocenters. The van der Waals surface area contributed by atoms with Crippen molar-refractivity contribution < 1.29 is 18.0 Å². The number of nitrogens with zero attached hydrogens (tertiary/aromatic N) is 2. The first kappa shape index (κ1) is 20.9. The van der Waals surface area contributed by atoms with Gasteiger partial charge in [-0.2, -0.15) is 13.2 Å². The smallest absolute Gasteiger partial charge is 0.351 e. The maximum absolute atomic E-state index is 13.2. The number of carbonyl (C=O) groups excluding carboxylic acids is 1. The molecule has 0 aromatic heterocycles. The van der Waals surface area contributed by atoms with Crippen LogP contribution in [0.1, 0.15) is 24.1 Å². The summed E-state index contributed by atoms with van der Waals surface area (Å²) in [6, 6.07) is 13.4. The van der Waals surface area contributed by atoms with Crippen LogP contribution < -0.4 is 10.2 Å². The van der Waals surface area contributed by atoms with Crippen molar-refractivity contribution >= 4 is 28.9 Å². The highest BCUT2D eigenvalue weighted by Crippen LogP contribution is 2.36. The van der Waals surface area contributed by atoms with Crippen LogP contribution >= 0.6 is 12.2 Å². The Kier molecular flexibility index (Phi) is 5.66. The molecule has 0 saturated carbocycles. The molecule has 0 unspecified atom stereocenters. The average Bonchev–Trinajstić information content (AvgIpc) is 2.67. The second kappa shape index (κ2) is 7.87. The second-order valence-corrected chi connectivity index (χ2v) is 7.26. The van der Waals surface area contributed by atoms with Gasteiger partial charge in [-0.15, -0.1) is 0 Å². The van der Waals surface area contributed by atoms with Crippen LogP contribution in [0, 0.1) is 0 Å². The zero-order valence-corrected chi connectivity index (χ0v) is 16.9. The maximum atomic E-state index is 13.2. The van der Waals surface area contributed by atoms with E-state index in [0.717, 1.165) is 17.8 Å². The lowest BCUT2D eigenvalue weighted by atomic mass is 9.92. The molecule has 1 N–H and O–H groups in total. The van der Waals surface area contributed by atoms with Crippen LogP contribution in [0.25, 0.3) is 0 Å². The molecule has 0 bridgehead atoms. The summed E-state index contributed by atoms with van der Waals surface area (Å²) in [6.45, 7) is 1.75. The predicted molar refractivity (Wildman–Crippen MR) is 110 cm³/mol. The van der Waals surface area contributed by atoms with Crippen LogP contribution in [-0.4, -0.2) is 30.0 Å². The first-order chi connectivity index (χ1) is 13.6. The monoisotopic (exact) mass is 419 g/mol. The van der Waals surface area contributed by atoms with Gasteiger partial charge in [0.1, 0.15) is 0 Å². The first-order valence-electron chi connectivity index (χ1n) is 8.86. The minimum atomic E-state index is -4.48. The highest BCUT2D eigenvalue weighted by atomic mass is 32.1. The van der Waals surface area contributed by atoms with E-state index in [4.69, 9.17) is 12.2 Å². The topological polar surface area (TPSA) is 35.6 Å². The fourth-order valence-corrected chi connectivity index (χ4v) is 3.65. The van der Waals surface area contributed by atoms with Gasteiger partial charge in [-0.1, -0.05) is 30.3 Å². The number of hydrogen-bond acceptors (Lipinski definition) is 2. The lowest BCUT2D eigenvalue weighted by Crippen LogP contribution is -2.49. The molecule has 1 aliphatic rings. The van der Waals surface area contributed by atoms with Crippen molar-refractivity contribution in [3.05, 3.63) is 77.0 Å². The number of carbonyl (C=O) groups is 1. The molecule has 1 aliphatic heterocycles. The lowest BCUT2D eigenvalue weighted by Gasteiger charge is -2.38. The summed E-state index contributed by atoms with van der Waals surface area (Å²) in [4.78, 5) is 16.1. The molecule has 0 radical (unpaired) electrons. The third kappa shape index (κ3) is 4.12. The van der Waals surface area contributed by atoms with Gasteiger partial charge in [-0.25, -0.2) is 0 Å². The summed E-state index contributed by atoms with van der Waals surface area (Å²) in [6.07, 6.45) is -4.48. The molecule has 0 saturated heterocycles. The Morgan fingerprint density at radius 2 is 1.76 bits per heavy atom. The van der Waals surface area contributed by atoms with Crippen LogP contribution in [0.2, 0.25) is 0 Å². The van der Waals surface area contributed by atoms with Crippen molar-refractivity contribution in [1.82, 2.24) is 10.2 Å². The van der Waals surface area contributed by atoms with Gasteiger partial charge in [-0.05, 0) is 49.0 Å². The van der Waals surface area contributed by atoms with E-state index in [2.05, 4.69) is 5.32 Å². The maximum Gasteiger partial charge on any atom is 0.416 e. The molecule has 8 heteroatoms. The summed E-state index contributed by atoms with van der Waals surface area (Å²) in [5, 5.41) is 3.37. The number of hydrogen-bond donors (Lipinski definition) is 1. The molecule has 0 spiro atoms. The normalized spacial score (nSPS) is 17.2. The van der Waals surface area contributed by atoms with Gasteiger partial charge >= 0.3 is 6.18 Å². The standard InChI is InChI=1S/C21H20F3N3OS/c1-13-17(19(28)26(2)3)18(14-8-7-9-15(12-14)21(22,23)24)25-20(29)27(13)16-10-5-4-6-11-16/h4-12,18H,1-3H3,(H,25,29)/t18-/m0/s1. The van der Waals surface area contributed by atoms with Crippen molar-refractivity contribution in [3.63, 3.8) is 0 Å². The van der Waals surface area contributed by atoms with Crippen molar-refractivity contribution in [2.45, 2.75) is 19.1 Å². The summed E-state index contributed by atoms with van der Waals surface area (Å²) in [5.41, 5.74) is 1.21. The fraction of sp³-hybridized carbons (Fsp3) is 0.238. The summed E-state index contributed by atoms with van der Waals surface area (Å²) in [7, 11) is 3.21. The molecule has 4 nitrogen and oxygen atoms in total. The largest absolute Gasteiger partial charge is 0.416 e. The van der Waals surface area contributed by atoms with Crippen LogP contribution in [-0.2, 0) is 11.0 Å². The second-order valence-electron chi connectivity index (χ2n) is 6.88. The minimum Gasteiger partial charge on any atom is -0.351 e. The van der Waals surface area contributed by atoms with E-state index in [0.29, 0.717) is 21.9 Å². The fourth-order valence-electron chi connectivity index (χ4n) is 3.29. The van der Waals surface area contributed by atoms with Crippen molar-refractivity contribution in [1.29, 1.82) is 0 Å². The Bertz CT molecular complexity index is 971. The van der Waals surface area contributed by atoms with E-state index in [9.17, 15) is 18.0 Å². The molecule has 0 fully saturated rings. The molecular weight excluding hydrogens is 399 g/mol. The third-order valence-corrected chi connectivity index (χ3v) is 4.98. The van der Waals surface area contributed by atoms with E-state index < -0.39 is 17.8 Å². The van der Waals surface area contributed by atoms with Crippen molar-refractivity contribution in [2.24, 2.45) is 0 Å². The van der Waals surface area contributed by atoms with Gasteiger partial charge in [0.25, 0.3) is 5.91 Å². The zero-order chi connectivity index (χ0) is 21.3. The Hall–Kier alpha value is -2.87. The average molecular weight is 419 g/mol. The van der Waals surface area contributed by atoms with E-state index >= 15 is 0 Å². The number of allylic oxidation sites excluding steroid dienone is 1. The molecule has 2 aromatic rings. The number of anilines is 1. The Morgan fingerprint density at radius 3 is 2.34 bits per heavy atom. The first-order valence-corrected chi connectivity index (χ1v) is 9.27. The summed E-state index contributed by atoms with van der Waals surface area (Å²) in [5.74, 6) is -0.305. The van der Waals surface area contributed by atoms with Crippen LogP contribution in [0.5, 0.6) is 0 Å². The van der Waals surface area contributed by atoms with Crippen molar-refractivity contribution in [3.8, 4) is 0 Å². The molecule has 152 valence electrons.